The highest BCUT2D eigenvalue weighted by Crippen LogP contribution is 2.35. The number of hydrogen-bond acceptors (Lipinski definition) is 6. The van der Waals surface area contributed by atoms with Crippen molar-refractivity contribution in [1.82, 2.24) is 19.1 Å². The van der Waals surface area contributed by atoms with Crippen LogP contribution in [0.25, 0.3) is 0 Å². The minimum absolute atomic E-state index is 0.204. The third-order valence-electron chi connectivity index (χ3n) is 5.74. The van der Waals surface area contributed by atoms with Crippen molar-refractivity contribution >= 4 is 31.6 Å². The first-order chi connectivity index (χ1) is 13.8. The van der Waals surface area contributed by atoms with E-state index >= 15 is 0 Å². The van der Waals surface area contributed by atoms with E-state index in [0.29, 0.717) is 35.6 Å². The smallest absolute Gasteiger partial charge is 0.245 e. The van der Waals surface area contributed by atoms with Crippen molar-refractivity contribution in [2.75, 3.05) is 31.6 Å². The maximum Gasteiger partial charge on any atom is 0.245 e. The van der Waals surface area contributed by atoms with Crippen LogP contribution in [0.5, 0.6) is 0 Å². The Kier molecular flexibility index (Phi) is 5.71. The van der Waals surface area contributed by atoms with E-state index in [1.807, 2.05) is 13.0 Å². The molecule has 0 aliphatic carbocycles. The number of ether oxygens (including phenoxy) is 1. The van der Waals surface area contributed by atoms with E-state index in [-0.39, 0.29) is 12.6 Å². The molecule has 10 heteroatoms. The fourth-order valence-electron chi connectivity index (χ4n) is 4.23. The van der Waals surface area contributed by atoms with Crippen LogP contribution in [0, 0.1) is 12.8 Å². The van der Waals surface area contributed by atoms with Gasteiger partial charge >= 0.3 is 0 Å². The van der Waals surface area contributed by atoms with Gasteiger partial charge in [-0.25, -0.2) is 18.1 Å². The Labute approximate surface area is 180 Å². The van der Waals surface area contributed by atoms with Gasteiger partial charge in [0.2, 0.25) is 10.0 Å². The summed E-state index contributed by atoms with van der Waals surface area (Å²) in [5.74, 6) is 1.67. The standard InChI is InChI=1S/C19H26BrN5O3S/c1-13-11-23(7-6-17(13)28-3)16-10-15(20)4-5-18(16)29(26,27)24-8-9-25-19(12-24)21-14(2)22-25/h4-5,10,13,17H,6-9,11-12H2,1-3H3. The van der Waals surface area contributed by atoms with Crippen LogP contribution < -0.4 is 4.90 Å². The van der Waals surface area contributed by atoms with Crippen LogP contribution in [-0.4, -0.2) is 60.3 Å². The van der Waals surface area contributed by atoms with Crippen molar-refractivity contribution in [2.45, 2.75) is 44.4 Å². The molecule has 0 saturated carbocycles. The number of methoxy groups -OCH3 is 1. The van der Waals surface area contributed by atoms with Crippen LogP contribution in [0.2, 0.25) is 0 Å². The van der Waals surface area contributed by atoms with Gasteiger partial charge in [-0.15, -0.1) is 0 Å². The molecular formula is C19H26BrN5O3S. The van der Waals surface area contributed by atoms with E-state index in [1.54, 1.807) is 23.9 Å². The van der Waals surface area contributed by atoms with Gasteiger partial charge in [0.15, 0.2) is 0 Å². The predicted molar refractivity (Wildman–Crippen MR) is 113 cm³/mol. The molecule has 2 atom stereocenters. The molecule has 8 nitrogen and oxygen atoms in total. The summed E-state index contributed by atoms with van der Waals surface area (Å²) in [6.07, 6.45) is 1.07. The molecule has 4 rings (SSSR count). The zero-order valence-corrected chi connectivity index (χ0v) is 19.3. The fourth-order valence-corrected chi connectivity index (χ4v) is 6.16. The van der Waals surface area contributed by atoms with Gasteiger partial charge in [-0.3, -0.25) is 0 Å². The molecule has 2 aliphatic rings. The number of piperidine rings is 1. The quantitative estimate of drug-likeness (QED) is 0.663. The largest absolute Gasteiger partial charge is 0.381 e. The van der Waals surface area contributed by atoms with E-state index in [0.717, 1.165) is 29.7 Å². The molecular weight excluding hydrogens is 458 g/mol. The lowest BCUT2D eigenvalue weighted by Gasteiger charge is -2.38. The van der Waals surface area contributed by atoms with E-state index in [4.69, 9.17) is 4.74 Å². The summed E-state index contributed by atoms with van der Waals surface area (Å²) in [4.78, 5) is 6.88. The molecule has 0 radical (unpaired) electrons. The molecule has 1 saturated heterocycles. The van der Waals surface area contributed by atoms with Crippen LogP contribution in [-0.2, 0) is 27.8 Å². The van der Waals surface area contributed by atoms with Crippen LogP contribution in [0.4, 0.5) is 5.69 Å². The molecule has 0 N–H and O–H groups in total. The molecule has 2 unspecified atom stereocenters. The molecule has 29 heavy (non-hydrogen) atoms. The third-order valence-corrected chi connectivity index (χ3v) is 8.13. The highest BCUT2D eigenvalue weighted by atomic mass is 79.9. The summed E-state index contributed by atoms with van der Waals surface area (Å²) in [7, 11) is -1.93. The minimum Gasteiger partial charge on any atom is -0.381 e. The lowest BCUT2D eigenvalue weighted by atomic mass is 9.96. The Bertz CT molecular complexity index is 1010. The molecule has 0 bridgehead atoms. The van der Waals surface area contributed by atoms with Gasteiger partial charge in [0.05, 0.1) is 24.9 Å². The van der Waals surface area contributed by atoms with Gasteiger partial charge in [0.25, 0.3) is 0 Å². The average molecular weight is 484 g/mol. The number of hydrogen-bond donors (Lipinski definition) is 0. The van der Waals surface area contributed by atoms with Crippen molar-refractivity contribution in [1.29, 1.82) is 0 Å². The van der Waals surface area contributed by atoms with E-state index < -0.39 is 10.0 Å². The number of anilines is 1. The highest BCUT2D eigenvalue weighted by Gasteiger charge is 2.34. The molecule has 1 aromatic heterocycles. The van der Waals surface area contributed by atoms with Crippen molar-refractivity contribution in [3.8, 4) is 0 Å². The van der Waals surface area contributed by atoms with Crippen molar-refractivity contribution < 1.29 is 13.2 Å². The first-order valence-electron chi connectivity index (χ1n) is 9.77. The van der Waals surface area contributed by atoms with Crippen LogP contribution in [0.3, 0.4) is 0 Å². The number of rotatable bonds is 4. The zero-order valence-electron chi connectivity index (χ0n) is 16.9. The predicted octanol–water partition coefficient (Wildman–Crippen LogP) is 2.41. The second-order valence-electron chi connectivity index (χ2n) is 7.74. The van der Waals surface area contributed by atoms with Gasteiger partial charge in [-0.1, -0.05) is 22.9 Å². The molecule has 0 amide bonds. The summed E-state index contributed by atoms with van der Waals surface area (Å²) in [6, 6.07) is 5.40. The van der Waals surface area contributed by atoms with Crippen molar-refractivity contribution in [2.24, 2.45) is 5.92 Å². The number of nitrogens with zero attached hydrogens (tertiary/aromatic N) is 5. The van der Waals surface area contributed by atoms with Gasteiger partial charge in [0.1, 0.15) is 16.5 Å². The number of sulfonamides is 1. The summed E-state index contributed by atoms with van der Waals surface area (Å²) < 4.78 is 36.9. The Hall–Kier alpha value is -1.49. The molecule has 0 spiro atoms. The molecule has 2 aliphatic heterocycles. The Balaban J connectivity index is 1.66. The molecule has 3 heterocycles. The SMILES string of the molecule is COC1CCN(c2cc(Br)ccc2S(=O)(=O)N2CCn3nc(C)nc3C2)CC1C. The normalized spacial score (nSPS) is 23.2. The van der Waals surface area contributed by atoms with E-state index in [1.165, 1.54) is 4.31 Å². The van der Waals surface area contributed by atoms with Crippen LogP contribution in [0.15, 0.2) is 27.6 Å². The van der Waals surface area contributed by atoms with Crippen LogP contribution in [0.1, 0.15) is 25.0 Å². The summed E-state index contributed by atoms with van der Waals surface area (Å²) in [5, 5.41) is 4.32. The Morgan fingerprint density at radius 2 is 2.03 bits per heavy atom. The molecule has 158 valence electrons. The lowest BCUT2D eigenvalue weighted by Crippen LogP contribution is -2.44. The van der Waals surface area contributed by atoms with Gasteiger partial charge in [-0.05, 0) is 37.5 Å². The van der Waals surface area contributed by atoms with Gasteiger partial charge in [0, 0.05) is 31.2 Å². The fraction of sp³-hybridized carbons (Fsp3) is 0.579. The maximum absolute atomic E-state index is 13.6. The van der Waals surface area contributed by atoms with Crippen molar-refractivity contribution in [3.05, 3.63) is 34.3 Å². The van der Waals surface area contributed by atoms with Crippen molar-refractivity contribution in [3.63, 3.8) is 0 Å². The number of fused-ring (bicyclic) bond motifs is 1. The molecule has 2 aromatic rings. The number of aromatic nitrogens is 3. The van der Waals surface area contributed by atoms with Gasteiger partial charge < -0.3 is 9.64 Å². The number of aryl methyl sites for hydroxylation is 1. The second-order valence-corrected chi connectivity index (χ2v) is 10.6. The first kappa shape index (κ1) is 20.8. The Morgan fingerprint density at radius 1 is 1.24 bits per heavy atom. The molecule has 1 aromatic carbocycles. The summed E-state index contributed by atoms with van der Waals surface area (Å²) in [5.41, 5.74) is 0.740. The van der Waals surface area contributed by atoms with E-state index in [2.05, 4.69) is 37.8 Å². The monoisotopic (exact) mass is 483 g/mol. The highest BCUT2D eigenvalue weighted by molar-refractivity contribution is 9.10. The summed E-state index contributed by atoms with van der Waals surface area (Å²) in [6.45, 7) is 6.61. The first-order valence-corrected chi connectivity index (χ1v) is 12.0. The van der Waals surface area contributed by atoms with Gasteiger partial charge in [-0.2, -0.15) is 9.40 Å². The van der Waals surface area contributed by atoms with E-state index in [9.17, 15) is 8.42 Å². The maximum atomic E-state index is 13.6. The third kappa shape index (κ3) is 3.95. The molecule has 1 fully saturated rings. The second kappa shape index (κ2) is 7.98. The summed E-state index contributed by atoms with van der Waals surface area (Å²) >= 11 is 3.51. The number of benzene rings is 1. The van der Waals surface area contributed by atoms with Crippen LogP contribution >= 0.6 is 15.9 Å². The number of halogens is 1. The Morgan fingerprint density at radius 3 is 2.76 bits per heavy atom. The minimum atomic E-state index is -3.67. The topological polar surface area (TPSA) is 80.6 Å². The lowest BCUT2D eigenvalue weighted by molar-refractivity contribution is 0.0444. The zero-order chi connectivity index (χ0) is 20.8. The average Bonchev–Trinajstić information content (AvgIpc) is 3.06.